The summed E-state index contributed by atoms with van der Waals surface area (Å²) in [5.74, 6) is 0.522. The number of nitrogens with one attached hydrogen (secondary N) is 1. The van der Waals surface area contributed by atoms with E-state index in [4.69, 9.17) is 25.8 Å². The average molecular weight is 766 g/mol. The van der Waals surface area contributed by atoms with Crippen LogP contribution >= 0.6 is 11.6 Å². The van der Waals surface area contributed by atoms with Gasteiger partial charge in [-0.3, -0.25) is 4.79 Å². The second kappa shape index (κ2) is 14.5. The fourth-order valence-electron chi connectivity index (χ4n) is 10.2. The number of carbonyl (C=O) groups excluding carboxylic acids is 1. The van der Waals surface area contributed by atoms with Gasteiger partial charge >= 0.3 is 0 Å². The normalized spacial score (nSPS) is 34.4. The molecule has 1 N–H and O–H groups in total. The van der Waals surface area contributed by atoms with Crippen LogP contribution in [0.2, 0.25) is 5.02 Å². The third kappa shape index (κ3) is 7.05. The number of halogens is 1. The zero-order valence-electron chi connectivity index (χ0n) is 31.6. The van der Waals surface area contributed by atoms with Crippen molar-refractivity contribution in [3.63, 3.8) is 0 Å². The summed E-state index contributed by atoms with van der Waals surface area (Å²) in [7, 11) is -3.95. The van der Waals surface area contributed by atoms with Gasteiger partial charge in [-0.15, -0.1) is 0 Å². The minimum Gasteiger partial charge on any atom is -0.490 e. The molecule has 2 aromatic rings. The van der Waals surface area contributed by atoms with Gasteiger partial charge in [-0.2, -0.15) is 0 Å². The summed E-state index contributed by atoms with van der Waals surface area (Å²) in [6.07, 6.45) is 12.5. The molecule has 0 unspecified atom stereocenters. The van der Waals surface area contributed by atoms with Gasteiger partial charge in [0.15, 0.2) is 0 Å². The third-order valence-corrected chi connectivity index (χ3v) is 16.0. The van der Waals surface area contributed by atoms with E-state index in [-0.39, 0.29) is 17.3 Å². The van der Waals surface area contributed by atoms with E-state index in [2.05, 4.69) is 45.7 Å². The number of anilines is 1. The molecule has 53 heavy (non-hydrogen) atoms. The Hall–Kier alpha value is -2.63. The Kier molecular flexibility index (Phi) is 10.2. The molecule has 0 aromatic heterocycles. The molecule has 2 spiro atoms. The molecule has 1 saturated carbocycles. The first-order valence-corrected chi connectivity index (χ1v) is 21.8. The summed E-state index contributed by atoms with van der Waals surface area (Å²) in [4.78, 5) is 18.7. The number of likely N-dealkylation sites (tertiary alicyclic amines) is 1. The molecule has 2 saturated heterocycles. The van der Waals surface area contributed by atoms with Crippen molar-refractivity contribution < 1.29 is 27.4 Å². The van der Waals surface area contributed by atoms with Crippen molar-refractivity contribution in [1.29, 1.82) is 0 Å². The Morgan fingerprint density at radius 1 is 1.04 bits per heavy atom. The third-order valence-electron chi connectivity index (χ3n) is 13.9. The van der Waals surface area contributed by atoms with Crippen LogP contribution in [0.4, 0.5) is 5.69 Å². The number of carbonyl (C=O) groups is 1. The Labute approximate surface area is 320 Å². The molecule has 6 aliphatic rings. The molecule has 9 nitrogen and oxygen atoms in total. The molecule has 288 valence electrons. The van der Waals surface area contributed by atoms with Crippen LogP contribution in [0, 0.1) is 23.2 Å². The van der Waals surface area contributed by atoms with Gasteiger partial charge in [0.25, 0.3) is 5.91 Å². The molecule has 8 rings (SSSR count). The Balaban J connectivity index is 1.19. The Bertz CT molecular complexity index is 1840. The summed E-state index contributed by atoms with van der Waals surface area (Å²) in [6.45, 7) is 13.0. The van der Waals surface area contributed by atoms with Crippen molar-refractivity contribution in [2.45, 2.75) is 88.4 Å². The fourth-order valence-corrected chi connectivity index (χ4v) is 11.7. The van der Waals surface area contributed by atoms with Crippen molar-refractivity contribution >= 4 is 33.2 Å². The lowest BCUT2D eigenvalue weighted by Gasteiger charge is -2.54. The number of sulfonamides is 1. The van der Waals surface area contributed by atoms with E-state index in [1.54, 1.807) is 13.0 Å². The minimum atomic E-state index is -3.95. The van der Waals surface area contributed by atoms with Gasteiger partial charge < -0.3 is 24.0 Å². The van der Waals surface area contributed by atoms with Crippen molar-refractivity contribution in [3.05, 3.63) is 70.3 Å². The maximum atomic E-state index is 13.7. The standard InChI is InChI=1S/C42H56ClN3O6S/c1-4-52-42(25-45-19-17-40(18-20-45)26-50-27-40)16-5-7-29(2)30(3)53(48,49)44-39(47)32-10-14-38-37(22-32)46(23-33-9-12-36(33)42)24-41(28-51-38)15-6-8-31-21-34(43)11-13-35(31)41/h5,10-11,13-14,16,21-22,29-30,33,36H,4,6-9,12,15,17-20,23-28H2,1-3H3,(H,44,47)/b16-5+/t29-,30+,33-,36+,41-,42-/m0/s1. The number of hydrogen-bond donors (Lipinski definition) is 1. The number of rotatable bonds is 4. The maximum Gasteiger partial charge on any atom is 0.264 e. The van der Waals surface area contributed by atoms with Crippen molar-refractivity contribution in [3.8, 4) is 5.75 Å². The molecule has 4 heterocycles. The van der Waals surface area contributed by atoms with Crippen molar-refractivity contribution in [2.24, 2.45) is 23.2 Å². The highest BCUT2D eigenvalue weighted by Crippen LogP contribution is 2.50. The molecule has 11 heteroatoms. The van der Waals surface area contributed by atoms with Crippen LogP contribution in [0.5, 0.6) is 5.75 Å². The number of piperidine rings is 1. The molecule has 6 atom stereocenters. The smallest absolute Gasteiger partial charge is 0.264 e. The lowest BCUT2D eigenvalue weighted by atomic mass is 9.63. The van der Waals surface area contributed by atoms with Gasteiger partial charge in [0, 0.05) is 47.7 Å². The summed E-state index contributed by atoms with van der Waals surface area (Å²) >= 11 is 6.51. The van der Waals surface area contributed by atoms with Crippen LogP contribution in [0.25, 0.3) is 0 Å². The highest BCUT2D eigenvalue weighted by Gasteiger charge is 2.51. The van der Waals surface area contributed by atoms with Gasteiger partial charge in [-0.1, -0.05) is 36.7 Å². The summed E-state index contributed by atoms with van der Waals surface area (Å²) in [5.41, 5.74) is 3.29. The zero-order valence-corrected chi connectivity index (χ0v) is 33.2. The largest absolute Gasteiger partial charge is 0.490 e. The van der Waals surface area contributed by atoms with Crippen LogP contribution in [0.15, 0.2) is 48.6 Å². The number of fused-ring (bicyclic) bond motifs is 4. The van der Waals surface area contributed by atoms with E-state index in [9.17, 15) is 13.2 Å². The van der Waals surface area contributed by atoms with Crippen LogP contribution < -0.4 is 14.4 Å². The number of allylic oxidation sites excluding steroid dienone is 1. The molecule has 2 aliphatic carbocycles. The van der Waals surface area contributed by atoms with Crippen molar-refractivity contribution in [2.75, 3.05) is 64.1 Å². The monoisotopic (exact) mass is 765 g/mol. The Morgan fingerprint density at radius 2 is 1.85 bits per heavy atom. The summed E-state index contributed by atoms with van der Waals surface area (Å²) < 4.78 is 49.0. The van der Waals surface area contributed by atoms with E-state index >= 15 is 0 Å². The molecule has 1 amide bonds. The first-order valence-electron chi connectivity index (χ1n) is 19.9. The molecular weight excluding hydrogens is 710 g/mol. The number of aryl methyl sites for hydroxylation is 1. The second-order valence-electron chi connectivity index (χ2n) is 17.2. The quantitative estimate of drug-likeness (QED) is 0.341. The highest BCUT2D eigenvalue weighted by molar-refractivity contribution is 7.90. The van der Waals surface area contributed by atoms with Crippen LogP contribution in [-0.2, 0) is 31.3 Å². The number of nitrogens with zero attached hydrogens (tertiary/aromatic N) is 2. The molecule has 2 aromatic carbocycles. The predicted octanol–water partition coefficient (Wildman–Crippen LogP) is 6.77. The van der Waals surface area contributed by atoms with Gasteiger partial charge in [-0.05, 0) is 138 Å². The first-order chi connectivity index (χ1) is 25.4. The average Bonchev–Trinajstić information content (AvgIpc) is 3.25. The van der Waals surface area contributed by atoms with Gasteiger partial charge in [0.05, 0.1) is 30.8 Å². The van der Waals surface area contributed by atoms with E-state index in [1.807, 2.05) is 25.1 Å². The lowest BCUT2D eigenvalue weighted by Crippen LogP contribution is -2.59. The number of ether oxygens (including phenoxy) is 3. The number of amides is 1. The summed E-state index contributed by atoms with van der Waals surface area (Å²) in [5, 5.41) is -0.0224. The zero-order chi connectivity index (χ0) is 37.0. The molecule has 2 bridgehead atoms. The highest BCUT2D eigenvalue weighted by atomic mass is 35.5. The van der Waals surface area contributed by atoms with Crippen LogP contribution in [0.1, 0.15) is 87.2 Å². The maximum absolute atomic E-state index is 13.7. The lowest BCUT2D eigenvalue weighted by molar-refractivity contribution is -0.152. The van der Waals surface area contributed by atoms with Gasteiger partial charge in [0.2, 0.25) is 10.0 Å². The number of benzene rings is 2. The topological polar surface area (TPSA) is 97.4 Å². The van der Waals surface area contributed by atoms with Crippen LogP contribution in [-0.4, -0.2) is 89.2 Å². The van der Waals surface area contributed by atoms with E-state index < -0.39 is 26.8 Å². The number of hydrogen-bond acceptors (Lipinski definition) is 8. The van der Waals surface area contributed by atoms with Gasteiger partial charge in [-0.25, -0.2) is 13.1 Å². The van der Waals surface area contributed by atoms with E-state index in [0.717, 1.165) is 107 Å². The second-order valence-corrected chi connectivity index (χ2v) is 19.7. The Morgan fingerprint density at radius 3 is 2.57 bits per heavy atom. The van der Waals surface area contributed by atoms with E-state index in [1.165, 1.54) is 11.1 Å². The molecule has 4 aliphatic heterocycles. The molecule has 3 fully saturated rings. The summed E-state index contributed by atoms with van der Waals surface area (Å²) in [6, 6.07) is 11.7. The SMILES string of the molecule is CCO[C@]1(CN2CCC3(CC2)COC3)/C=C/C[C@H](C)[C@@H](C)S(=O)(=O)NC(=O)c2ccc3c(c2)N(C[C@@H]2CC[C@H]21)C[C@@]1(CCCc2cc(Cl)ccc21)CO3. The van der Waals surface area contributed by atoms with Crippen molar-refractivity contribution in [1.82, 2.24) is 9.62 Å². The molecular formula is C42H56ClN3O6S. The molecule has 0 radical (unpaired) electrons. The van der Waals surface area contributed by atoms with Gasteiger partial charge in [0.1, 0.15) is 11.4 Å². The first kappa shape index (κ1) is 37.3. The van der Waals surface area contributed by atoms with E-state index in [0.29, 0.717) is 36.5 Å². The predicted molar refractivity (Wildman–Crippen MR) is 208 cm³/mol. The van der Waals surface area contributed by atoms with Crippen LogP contribution in [0.3, 0.4) is 0 Å². The fraction of sp³-hybridized carbons (Fsp3) is 0.643. The minimum absolute atomic E-state index is 0.213.